The number of aliphatic hydroxyl groups excluding tert-OH is 1. The number of benzene rings is 1. The fourth-order valence-electron chi connectivity index (χ4n) is 1.24. The molecule has 0 aliphatic carbocycles. The molecule has 1 atom stereocenters. The predicted molar refractivity (Wildman–Crippen MR) is 75.0 cm³/mol. The van der Waals surface area contributed by atoms with Crippen LogP contribution < -0.4 is 10.5 Å². The van der Waals surface area contributed by atoms with Crippen molar-refractivity contribution in [1.29, 1.82) is 0 Å². The van der Waals surface area contributed by atoms with Gasteiger partial charge in [-0.3, -0.25) is 0 Å². The van der Waals surface area contributed by atoms with Crippen LogP contribution in [0.4, 0.5) is 5.69 Å². The van der Waals surface area contributed by atoms with Gasteiger partial charge in [0.25, 0.3) is 0 Å². The van der Waals surface area contributed by atoms with Crippen molar-refractivity contribution in [2.45, 2.75) is 17.9 Å². The molecule has 1 rings (SSSR count). The molecule has 0 saturated heterocycles. The molecule has 1 aromatic carbocycles. The molecule has 5 nitrogen and oxygen atoms in total. The molecule has 7 heteroatoms. The molecule has 0 radical (unpaired) electrons. The normalized spacial score (nSPS) is 13.4. The van der Waals surface area contributed by atoms with Gasteiger partial charge in [-0.2, -0.15) is 0 Å². The van der Waals surface area contributed by atoms with E-state index >= 15 is 0 Å². The van der Waals surface area contributed by atoms with Crippen molar-refractivity contribution >= 4 is 27.5 Å². The summed E-state index contributed by atoms with van der Waals surface area (Å²) in [5, 5.41) is 8.78. The first-order chi connectivity index (χ1) is 8.43. The largest absolute Gasteiger partial charge is 0.399 e. The molecule has 0 fully saturated rings. The van der Waals surface area contributed by atoms with Crippen LogP contribution in [0, 0.1) is 0 Å². The van der Waals surface area contributed by atoms with Gasteiger partial charge in [-0.1, -0.05) is 0 Å². The maximum atomic E-state index is 11.6. The molecule has 102 valence electrons. The number of aliphatic hydroxyl groups is 1. The molecule has 0 aliphatic heterocycles. The summed E-state index contributed by atoms with van der Waals surface area (Å²) in [7, 11) is -3.33. The van der Waals surface area contributed by atoms with Crippen molar-refractivity contribution in [1.82, 2.24) is 4.72 Å². The van der Waals surface area contributed by atoms with Crippen LogP contribution >= 0.6 is 11.8 Å². The number of rotatable bonds is 7. The van der Waals surface area contributed by atoms with Crippen molar-refractivity contribution in [2.75, 3.05) is 23.8 Å². The Bertz CT molecular complexity index is 460. The smallest absolute Gasteiger partial charge is 0.212 e. The van der Waals surface area contributed by atoms with Crippen LogP contribution in [0.1, 0.15) is 6.92 Å². The van der Waals surface area contributed by atoms with E-state index in [2.05, 4.69) is 4.72 Å². The lowest BCUT2D eigenvalue weighted by Crippen LogP contribution is -2.37. The van der Waals surface area contributed by atoms with Gasteiger partial charge >= 0.3 is 0 Å². The van der Waals surface area contributed by atoms with Crippen molar-refractivity contribution in [3.63, 3.8) is 0 Å². The van der Waals surface area contributed by atoms with Crippen molar-refractivity contribution in [2.24, 2.45) is 0 Å². The third kappa shape index (κ3) is 5.72. The molecule has 0 bridgehead atoms. The second kappa shape index (κ2) is 6.98. The zero-order valence-corrected chi connectivity index (χ0v) is 11.8. The lowest BCUT2D eigenvalue weighted by atomic mass is 10.3. The first kappa shape index (κ1) is 15.3. The fraction of sp³-hybridized carbons (Fsp3) is 0.455. The molecule has 0 spiro atoms. The van der Waals surface area contributed by atoms with Gasteiger partial charge in [0.05, 0.1) is 12.4 Å². The Morgan fingerprint density at radius 1 is 1.39 bits per heavy atom. The third-order valence-corrected chi connectivity index (χ3v) is 4.93. The fourth-order valence-corrected chi connectivity index (χ4v) is 3.82. The number of hydrogen-bond acceptors (Lipinski definition) is 5. The van der Waals surface area contributed by atoms with Gasteiger partial charge in [-0.25, -0.2) is 13.1 Å². The average Bonchev–Trinajstić information content (AvgIpc) is 2.31. The highest BCUT2D eigenvalue weighted by molar-refractivity contribution is 8.00. The lowest BCUT2D eigenvalue weighted by molar-refractivity contribution is 0.265. The first-order valence-electron chi connectivity index (χ1n) is 5.52. The summed E-state index contributed by atoms with van der Waals surface area (Å²) in [4.78, 5) is 0.981. The first-order valence-corrected chi connectivity index (χ1v) is 8.16. The second-order valence-corrected chi connectivity index (χ2v) is 6.98. The summed E-state index contributed by atoms with van der Waals surface area (Å²) in [6, 6.07) is 6.83. The van der Waals surface area contributed by atoms with E-state index in [9.17, 15) is 8.42 Å². The minimum Gasteiger partial charge on any atom is -0.399 e. The van der Waals surface area contributed by atoms with Crippen LogP contribution in [-0.2, 0) is 10.0 Å². The van der Waals surface area contributed by atoms with E-state index < -0.39 is 16.1 Å². The SMILES string of the molecule is C[C@H](CO)NS(=O)(=O)CCSc1ccc(N)cc1. The van der Waals surface area contributed by atoms with E-state index in [1.54, 1.807) is 19.1 Å². The monoisotopic (exact) mass is 290 g/mol. The van der Waals surface area contributed by atoms with Crippen molar-refractivity contribution in [3.8, 4) is 0 Å². The van der Waals surface area contributed by atoms with Crippen LogP contribution in [0.2, 0.25) is 0 Å². The molecule has 0 unspecified atom stereocenters. The molecule has 18 heavy (non-hydrogen) atoms. The lowest BCUT2D eigenvalue weighted by Gasteiger charge is -2.11. The van der Waals surface area contributed by atoms with Gasteiger partial charge in [0.15, 0.2) is 0 Å². The van der Waals surface area contributed by atoms with E-state index in [0.29, 0.717) is 11.4 Å². The van der Waals surface area contributed by atoms with Gasteiger partial charge in [0.1, 0.15) is 0 Å². The zero-order valence-electron chi connectivity index (χ0n) is 10.2. The highest BCUT2D eigenvalue weighted by Crippen LogP contribution is 2.19. The Kier molecular flexibility index (Phi) is 5.94. The summed E-state index contributed by atoms with van der Waals surface area (Å²) in [6.07, 6.45) is 0. The van der Waals surface area contributed by atoms with E-state index in [1.807, 2.05) is 12.1 Å². The number of anilines is 1. The number of nitrogens with one attached hydrogen (secondary N) is 1. The Labute approximate surface area is 112 Å². The Morgan fingerprint density at radius 3 is 2.56 bits per heavy atom. The number of nitrogens with two attached hydrogens (primary N) is 1. The molecule has 0 aromatic heterocycles. The maximum absolute atomic E-state index is 11.6. The van der Waals surface area contributed by atoms with Gasteiger partial charge in [0.2, 0.25) is 10.0 Å². The summed E-state index contributed by atoms with van der Waals surface area (Å²) in [6.45, 7) is 1.41. The number of sulfonamides is 1. The van der Waals surface area contributed by atoms with Crippen LogP contribution in [0.3, 0.4) is 0 Å². The summed E-state index contributed by atoms with van der Waals surface area (Å²) in [5.74, 6) is 0.476. The van der Waals surface area contributed by atoms with E-state index in [0.717, 1.165) is 4.90 Å². The zero-order chi connectivity index (χ0) is 13.6. The number of hydrogen-bond donors (Lipinski definition) is 3. The standard InChI is InChI=1S/C11H18N2O3S2/c1-9(8-14)13-18(15,16)7-6-17-11-4-2-10(12)3-5-11/h2-5,9,13-14H,6-8,12H2,1H3/t9-/m1/s1. The van der Waals surface area contributed by atoms with Crippen molar-refractivity contribution < 1.29 is 13.5 Å². The van der Waals surface area contributed by atoms with E-state index in [-0.39, 0.29) is 12.4 Å². The second-order valence-electron chi connectivity index (χ2n) is 3.94. The van der Waals surface area contributed by atoms with Crippen LogP contribution in [0.25, 0.3) is 0 Å². The molecule has 0 aliphatic rings. The molecule has 1 aromatic rings. The Morgan fingerprint density at radius 2 is 2.00 bits per heavy atom. The molecule has 4 N–H and O–H groups in total. The van der Waals surface area contributed by atoms with Crippen LogP contribution in [-0.4, -0.2) is 37.7 Å². The van der Waals surface area contributed by atoms with Crippen LogP contribution in [0.5, 0.6) is 0 Å². The summed E-state index contributed by atoms with van der Waals surface area (Å²) >= 11 is 1.45. The minimum absolute atomic E-state index is 0.0202. The summed E-state index contributed by atoms with van der Waals surface area (Å²) in [5.41, 5.74) is 6.24. The van der Waals surface area contributed by atoms with Crippen molar-refractivity contribution in [3.05, 3.63) is 24.3 Å². The quantitative estimate of drug-likeness (QED) is 0.507. The third-order valence-electron chi connectivity index (χ3n) is 2.16. The summed E-state index contributed by atoms with van der Waals surface area (Å²) < 4.78 is 25.6. The number of nitrogen functional groups attached to an aromatic ring is 1. The molecule has 0 heterocycles. The topological polar surface area (TPSA) is 92.4 Å². The highest BCUT2D eigenvalue weighted by atomic mass is 32.2. The minimum atomic E-state index is -3.33. The van der Waals surface area contributed by atoms with Gasteiger partial charge < -0.3 is 10.8 Å². The Balaban J connectivity index is 2.39. The Hall–Kier alpha value is -0.760. The van der Waals surface area contributed by atoms with Gasteiger partial charge in [-0.15, -0.1) is 11.8 Å². The average molecular weight is 290 g/mol. The maximum Gasteiger partial charge on any atom is 0.212 e. The predicted octanol–water partition coefficient (Wildman–Crippen LogP) is 0.661. The molecular formula is C11H18N2O3S2. The molecular weight excluding hydrogens is 272 g/mol. The van der Waals surface area contributed by atoms with Gasteiger partial charge in [-0.05, 0) is 31.2 Å². The number of thioether (sulfide) groups is 1. The molecule has 0 amide bonds. The van der Waals surface area contributed by atoms with E-state index in [1.165, 1.54) is 11.8 Å². The van der Waals surface area contributed by atoms with Crippen LogP contribution in [0.15, 0.2) is 29.2 Å². The molecule has 0 saturated carbocycles. The van der Waals surface area contributed by atoms with Gasteiger partial charge in [0, 0.05) is 22.4 Å². The highest BCUT2D eigenvalue weighted by Gasteiger charge is 2.13. The van der Waals surface area contributed by atoms with E-state index in [4.69, 9.17) is 10.8 Å².